The maximum absolute atomic E-state index is 14.1. The highest BCUT2D eigenvalue weighted by Crippen LogP contribution is 2.37. The number of carbonyl (C=O) groups is 1. The van der Waals surface area contributed by atoms with Crippen LogP contribution in [0.4, 0.5) is 13.2 Å². The minimum atomic E-state index is -4.61. The number of likely N-dealkylation sites (tertiary alicyclic amines) is 1. The fraction of sp³-hybridized carbons (Fsp3) is 0.312. The predicted octanol–water partition coefficient (Wildman–Crippen LogP) is 6.69. The topological polar surface area (TPSA) is 59.0 Å². The number of Topliss-reactive ketones (excluding diaryl/α,β-unsaturated/α-hetero) is 1. The fourth-order valence-corrected chi connectivity index (χ4v) is 5.27. The van der Waals surface area contributed by atoms with Crippen LogP contribution < -0.4 is 0 Å². The third-order valence-electron chi connectivity index (χ3n) is 7.63. The van der Waals surface area contributed by atoms with Gasteiger partial charge in [0.05, 0.1) is 11.3 Å². The van der Waals surface area contributed by atoms with Crippen LogP contribution in [0, 0.1) is 6.92 Å². The van der Waals surface area contributed by atoms with Crippen molar-refractivity contribution in [3.8, 4) is 11.3 Å². The molecule has 0 N–H and O–H groups in total. The molecule has 206 valence electrons. The first-order chi connectivity index (χ1) is 19.2. The average molecular weight is 545 g/mol. The standard InChI is InChI=1S/C32H31F3N4O/c1-21-5-6-22(16-26(21)19-31-37-13-9-29(38-31)25-4-3-12-36-20-25)17-30(40)27-8-7-24(18-28(27)32(33,34)35)23-10-14-39(2)15-11-23/h3-9,12-13,16,18,20,23H,10-11,14-15,17,19H2,1-2H3. The molecule has 0 atom stereocenters. The molecule has 0 amide bonds. The molecule has 0 spiro atoms. The molecule has 1 aliphatic heterocycles. The van der Waals surface area contributed by atoms with E-state index in [2.05, 4.69) is 19.9 Å². The SMILES string of the molecule is Cc1ccc(CC(=O)c2ccc(C3CCN(C)CC3)cc2C(F)(F)F)cc1Cc1nccc(-c2cccnc2)n1. The lowest BCUT2D eigenvalue weighted by Crippen LogP contribution is -2.29. The Kier molecular flexibility index (Phi) is 8.07. The number of aromatic nitrogens is 3. The van der Waals surface area contributed by atoms with Gasteiger partial charge in [0, 0.05) is 42.6 Å². The molecule has 1 fully saturated rings. The number of benzene rings is 2. The van der Waals surface area contributed by atoms with Crippen LogP contribution in [0.3, 0.4) is 0 Å². The zero-order valence-electron chi connectivity index (χ0n) is 22.6. The van der Waals surface area contributed by atoms with Gasteiger partial charge in [0.2, 0.25) is 0 Å². The van der Waals surface area contributed by atoms with E-state index in [0.717, 1.165) is 48.3 Å². The number of rotatable bonds is 7. The quantitative estimate of drug-likeness (QED) is 0.243. The lowest BCUT2D eigenvalue weighted by Gasteiger charge is -2.29. The maximum Gasteiger partial charge on any atom is 0.417 e. The van der Waals surface area contributed by atoms with Gasteiger partial charge in [-0.15, -0.1) is 0 Å². The Balaban J connectivity index is 1.36. The number of hydrogen-bond donors (Lipinski definition) is 0. The first-order valence-electron chi connectivity index (χ1n) is 13.4. The minimum absolute atomic E-state index is 0.0694. The summed E-state index contributed by atoms with van der Waals surface area (Å²) in [7, 11) is 2.02. The molecule has 4 aromatic rings. The monoisotopic (exact) mass is 544 g/mol. The number of nitrogens with zero attached hydrogens (tertiary/aromatic N) is 4. The summed E-state index contributed by atoms with van der Waals surface area (Å²) in [4.78, 5) is 28.6. The van der Waals surface area contributed by atoms with Crippen molar-refractivity contribution in [2.75, 3.05) is 20.1 Å². The molecule has 0 radical (unpaired) electrons. The van der Waals surface area contributed by atoms with Crippen molar-refractivity contribution in [1.29, 1.82) is 0 Å². The largest absolute Gasteiger partial charge is 0.417 e. The van der Waals surface area contributed by atoms with Gasteiger partial charge in [0.1, 0.15) is 5.82 Å². The molecule has 0 unspecified atom stereocenters. The van der Waals surface area contributed by atoms with Gasteiger partial charge in [0.25, 0.3) is 0 Å². The number of carbonyl (C=O) groups excluding carboxylic acids is 1. The highest BCUT2D eigenvalue weighted by atomic mass is 19.4. The highest BCUT2D eigenvalue weighted by Gasteiger charge is 2.36. The number of halogens is 3. The molecule has 5 rings (SSSR count). The molecule has 2 aromatic heterocycles. The third-order valence-corrected chi connectivity index (χ3v) is 7.63. The van der Waals surface area contributed by atoms with E-state index in [1.54, 1.807) is 30.7 Å². The molecule has 8 heteroatoms. The number of hydrogen-bond acceptors (Lipinski definition) is 5. The summed E-state index contributed by atoms with van der Waals surface area (Å²) in [6.45, 7) is 3.65. The van der Waals surface area contributed by atoms with Crippen molar-refractivity contribution in [3.05, 3.63) is 112 Å². The van der Waals surface area contributed by atoms with Crippen LogP contribution in [0.2, 0.25) is 0 Å². The minimum Gasteiger partial charge on any atom is -0.306 e. The van der Waals surface area contributed by atoms with Crippen molar-refractivity contribution in [3.63, 3.8) is 0 Å². The fourth-order valence-electron chi connectivity index (χ4n) is 5.27. The summed E-state index contributed by atoms with van der Waals surface area (Å²) in [6.07, 6.45) is 2.44. The molecule has 0 aliphatic carbocycles. The molecule has 5 nitrogen and oxygen atoms in total. The number of piperidine rings is 1. The van der Waals surface area contributed by atoms with Crippen LogP contribution in [-0.4, -0.2) is 45.8 Å². The predicted molar refractivity (Wildman–Crippen MR) is 148 cm³/mol. The van der Waals surface area contributed by atoms with Gasteiger partial charge < -0.3 is 4.90 Å². The first kappa shape index (κ1) is 27.6. The summed E-state index contributed by atoms with van der Waals surface area (Å²) in [6, 6.07) is 15.4. The van der Waals surface area contributed by atoms with Gasteiger partial charge in [-0.2, -0.15) is 13.2 Å². The average Bonchev–Trinajstić information content (AvgIpc) is 2.95. The lowest BCUT2D eigenvalue weighted by atomic mass is 9.86. The van der Waals surface area contributed by atoms with Gasteiger partial charge in [-0.25, -0.2) is 9.97 Å². The molecule has 0 bridgehead atoms. The summed E-state index contributed by atoms with van der Waals surface area (Å²) in [5.74, 6) is 0.128. The van der Waals surface area contributed by atoms with E-state index in [-0.39, 0.29) is 17.9 Å². The van der Waals surface area contributed by atoms with E-state index in [9.17, 15) is 18.0 Å². The summed E-state index contributed by atoms with van der Waals surface area (Å²) < 4.78 is 42.3. The lowest BCUT2D eigenvalue weighted by molar-refractivity contribution is -0.138. The van der Waals surface area contributed by atoms with Gasteiger partial charge in [-0.05, 0) is 92.3 Å². The summed E-state index contributed by atoms with van der Waals surface area (Å²) in [5.41, 5.74) is 3.73. The first-order valence-corrected chi connectivity index (χ1v) is 13.4. The van der Waals surface area contributed by atoms with Crippen molar-refractivity contribution < 1.29 is 18.0 Å². The van der Waals surface area contributed by atoms with Gasteiger partial charge in [0.15, 0.2) is 5.78 Å². The highest BCUT2D eigenvalue weighted by molar-refractivity contribution is 5.99. The smallest absolute Gasteiger partial charge is 0.306 e. The van der Waals surface area contributed by atoms with E-state index >= 15 is 0 Å². The van der Waals surface area contributed by atoms with Crippen LogP contribution in [-0.2, 0) is 19.0 Å². The Morgan fingerprint density at radius 1 is 1.02 bits per heavy atom. The molecule has 2 aromatic carbocycles. The Bertz CT molecular complexity index is 1500. The number of pyridine rings is 1. The molecule has 40 heavy (non-hydrogen) atoms. The second-order valence-electron chi connectivity index (χ2n) is 10.5. The van der Waals surface area contributed by atoms with E-state index in [1.165, 1.54) is 12.1 Å². The van der Waals surface area contributed by atoms with Crippen LogP contribution >= 0.6 is 0 Å². The van der Waals surface area contributed by atoms with Crippen LogP contribution in [0.5, 0.6) is 0 Å². The van der Waals surface area contributed by atoms with Crippen LogP contribution in [0.15, 0.2) is 73.2 Å². The Morgan fingerprint density at radius 2 is 1.82 bits per heavy atom. The molecule has 0 saturated carbocycles. The molecule has 1 aliphatic rings. The van der Waals surface area contributed by atoms with Gasteiger partial charge in [-0.1, -0.05) is 30.3 Å². The van der Waals surface area contributed by atoms with Gasteiger partial charge in [-0.3, -0.25) is 9.78 Å². The maximum atomic E-state index is 14.1. The molecular formula is C32H31F3N4O. The Labute approximate surface area is 232 Å². The van der Waals surface area contributed by atoms with Crippen molar-refractivity contribution in [1.82, 2.24) is 19.9 Å². The van der Waals surface area contributed by atoms with Crippen molar-refractivity contribution in [2.24, 2.45) is 0 Å². The van der Waals surface area contributed by atoms with E-state index in [1.807, 2.05) is 44.3 Å². The number of ketones is 1. The second-order valence-corrected chi connectivity index (χ2v) is 10.5. The number of aryl methyl sites for hydroxylation is 1. The van der Waals surface area contributed by atoms with E-state index < -0.39 is 17.5 Å². The van der Waals surface area contributed by atoms with Crippen molar-refractivity contribution >= 4 is 5.78 Å². The van der Waals surface area contributed by atoms with E-state index in [0.29, 0.717) is 23.4 Å². The zero-order chi connectivity index (χ0) is 28.3. The summed E-state index contributed by atoms with van der Waals surface area (Å²) in [5, 5.41) is 0. The molecule has 3 heterocycles. The number of alkyl halides is 3. The zero-order valence-corrected chi connectivity index (χ0v) is 22.6. The molecule has 1 saturated heterocycles. The Morgan fingerprint density at radius 3 is 2.55 bits per heavy atom. The third kappa shape index (κ3) is 6.45. The molecular weight excluding hydrogens is 513 g/mol. The normalized spacial score (nSPS) is 14.8. The Hall–Kier alpha value is -3.91. The summed E-state index contributed by atoms with van der Waals surface area (Å²) >= 11 is 0. The van der Waals surface area contributed by atoms with Crippen molar-refractivity contribution in [2.45, 2.75) is 44.7 Å². The van der Waals surface area contributed by atoms with Gasteiger partial charge >= 0.3 is 6.18 Å². The second kappa shape index (κ2) is 11.7. The van der Waals surface area contributed by atoms with Crippen LogP contribution in [0.25, 0.3) is 11.3 Å². The van der Waals surface area contributed by atoms with Crippen LogP contribution in [0.1, 0.15) is 62.8 Å². The van der Waals surface area contributed by atoms with E-state index in [4.69, 9.17) is 0 Å².